The average Bonchev–Trinajstić information content (AvgIpc) is 2.96. The summed E-state index contributed by atoms with van der Waals surface area (Å²) in [5.41, 5.74) is -1.15. The third-order valence-electron chi connectivity index (χ3n) is 3.19. The van der Waals surface area contributed by atoms with E-state index in [2.05, 4.69) is 10.3 Å². The number of nitrogens with zero attached hydrogens (tertiary/aromatic N) is 1. The van der Waals surface area contributed by atoms with Crippen LogP contribution in [0.3, 0.4) is 0 Å². The van der Waals surface area contributed by atoms with Crippen molar-refractivity contribution in [1.82, 2.24) is 14.9 Å². The Balaban J connectivity index is 2.35. The number of aromatic amines is 1. The fraction of sp³-hybridized carbons (Fsp3) is 0.357. The van der Waals surface area contributed by atoms with Crippen LogP contribution in [-0.4, -0.2) is 21.5 Å². The Kier molecular flexibility index (Phi) is 4.74. The molecule has 0 saturated carbocycles. The molecule has 0 bridgehead atoms. The number of hydrogen-bond donors (Lipinski definition) is 2. The van der Waals surface area contributed by atoms with Crippen LogP contribution >= 0.6 is 11.3 Å². The molecular weight excluding hydrogens is 290 g/mol. The third-order valence-corrected chi connectivity index (χ3v) is 4.05. The molecule has 1 atom stereocenters. The topological polar surface area (TPSA) is 84.0 Å². The Morgan fingerprint density at radius 2 is 2.24 bits per heavy atom. The van der Waals surface area contributed by atoms with Crippen LogP contribution in [0.15, 0.2) is 33.3 Å². The van der Waals surface area contributed by atoms with Crippen LogP contribution in [0.2, 0.25) is 0 Å². The minimum atomic E-state index is -0.576. The molecule has 0 fully saturated rings. The predicted octanol–water partition coefficient (Wildman–Crippen LogP) is 1.17. The number of aromatic nitrogens is 2. The smallest absolute Gasteiger partial charge is 0.328 e. The lowest BCUT2D eigenvalue weighted by molar-refractivity contribution is 0.0936. The van der Waals surface area contributed by atoms with Crippen molar-refractivity contribution in [2.45, 2.75) is 32.9 Å². The highest BCUT2D eigenvalue weighted by Crippen LogP contribution is 2.08. The minimum absolute atomic E-state index is 0.0328. The van der Waals surface area contributed by atoms with Crippen molar-refractivity contribution < 1.29 is 4.79 Å². The maximum absolute atomic E-state index is 12.3. The van der Waals surface area contributed by atoms with Gasteiger partial charge in [-0.25, -0.2) is 4.79 Å². The number of H-pyrrole nitrogens is 1. The number of amides is 1. The number of nitrogens with one attached hydrogen (secondary N) is 2. The SMILES string of the molecule is CCC(C)NC(=O)c1c[nH]c(=O)n(Cc2cccs2)c1=O. The van der Waals surface area contributed by atoms with Crippen molar-refractivity contribution in [3.8, 4) is 0 Å². The van der Waals surface area contributed by atoms with Crippen LogP contribution in [0.5, 0.6) is 0 Å². The zero-order valence-electron chi connectivity index (χ0n) is 11.9. The molecule has 21 heavy (non-hydrogen) atoms. The summed E-state index contributed by atoms with van der Waals surface area (Å²) in [5.74, 6) is -0.467. The highest BCUT2D eigenvalue weighted by Gasteiger charge is 2.16. The molecule has 112 valence electrons. The zero-order valence-corrected chi connectivity index (χ0v) is 12.7. The van der Waals surface area contributed by atoms with Gasteiger partial charge in [-0.1, -0.05) is 13.0 Å². The van der Waals surface area contributed by atoms with Crippen LogP contribution in [0.1, 0.15) is 35.5 Å². The van der Waals surface area contributed by atoms with Gasteiger partial charge in [0.2, 0.25) is 0 Å². The number of rotatable bonds is 5. The van der Waals surface area contributed by atoms with Crippen molar-refractivity contribution in [2.24, 2.45) is 0 Å². The number of carbonyl (C=O) groups excluding carboxylic acids is 1. The number of hydrogen-bond acceptors (Lipinski definition) is 4. The van der Waals surface area contributed by atoms with Crippen molar-refractivity contribution in [3.05, 3.63) is 55.0 Å². The first kappa shape index (κ1) is 15.2. The van der Waals surface area contributed by atoms with Gasteiger partial charge in [0.1, 0.15) is 5.56 Å². The fourth-order valence-electron chi connectivity index (χ4n) is 1.78. The molecule has 0 radical (unpaired) electrons. The van der Waals surface area contributed by atoms with Gasteiger partial charge in [0.05, 0.1) is 6.54 Å². The number of thiophene rings is 1. The van der Waals surface area contributed by atoms with E-state index in [-0.39, 0.29) is 18.2 Å². The lowest BCUT2D eigenvalue weighted by atomic mass is 10.2. The quantitative estimate of drug-likeness (QED) is 0.870. The van der Waals surface area contributed by atoms with Crippen molar-refractivity contribution in [1.29, 1.82) is 0 Å². The van der Waals surface area contributed by atoms with E-state index in [0.29, 0.717) is 0 Å². The standard InChI is InChI=1S/C14H17N3O3S/c1-3-9(2)16-12(18)11-7-15-14(20)17(13(11)19)8-10-5-4-6-21-10/h4-7,9H,3,8H2,1-2H3,(H,15,20)(H,16,18). The lowest BCUT2D eigenvalue weighted by Crippen LogP contribution is -2.42. The van der Waals surface area contributed by atoms with Crippen molar-refractivity contribution >= 4 is 17.2 Å². The molecule has 0 aliphatic heterocycles. The van der Waals surface area contributed by atoms with Gasteiger partial charge >= 0.3 is 5.69 Å². The monoisotopic (exact) mass is 307 g/mol. The Bertz CT molecular complexity index is 731. The second kappa shape index (κ2) is 6.53. The van der Waals surface area contributed by atoms with E-state index in [9.17, 15) is 14.4 Å². The van der Waals surface area contributed by atoms with E-state index in [1.54, 1.807) is 0 Å². The first-order valence-corrected chi connectivity index (χ1v) is 7.56. The molecule has 2 rings (SSSR count). The van der Waals surface area contributed by atoms with Gasteiger partial charge in [0, 0.05) is 17.1 Å². The predicted molar refractivity (Wildman–Crippen MR) is 82.0 cm³/mol. The summed E-state index contributed by atoms with van der Waals surface area (Å²) < 4.78 is 1.04. The van der Waals surface area contributed by atoms with Crippen molar-refractivity contribution in [2.75, 3.05) is 0 Å². The van der Waals surface area contributed by atoms with Gasteiger partial charge in [0.15, 0.2) is 0 Å². The summed E-state index contributed by atoms with van der Waals surface area (Å²) >= 11 is 1.45. The Morgan fingerprint density at radius 1 is 1.48 bits per heavy atom. The van der Waals surface area contributed by atoms with Crippen LogP contribution in [0, 0.1) is 0 Å². The van der Waals surface area contributed by atoms with Crippen LogP contribution in [0.4, 0.5) is 0 Å². The highest BCUT2D eigenvalue weighted by molar-refractivity contribution is 7.09. The Morgan fingerprint density at radius 3 is 2.86 bits per heavy atom. The molecule has 2 N–H and O–H groups in total. The van der Waals surface area contributed by atoms with E-state index < -0.39 is 17.2 Å². The molecule has 1 amide bonds. The molecule has 0 aliphatic rings. The first-order valence-electron chi connectivity index (χ1n) is 6.68. The van der Waals surface area contributed by atoms with E-state index in [4.69, 9.17) is 0 Å². The second-order valence-electron chi connectivity index (χ2n) is 4.76. The molecule has 0 aliphatic carbocycles. The van der Waals surface area contributed by atoms with E-state index in [0.717, 1.165) is 15.9 Å². The van der Waals surface area contributed by atoms with E-state index in [1.807, 2.05) is 31.4 Å². The van der Waals surface area contributed by atoms with Gasteiger partial charge in [-0.3, -0.25) is 14.2 Å². The Labute approximate surface area is 125 Å². The molecule has 0 saturated heterocycles. The largest absolute Gasteiger partial charge is 0.349 e. The summed E-state index contributed by atoms with van der Waals surface area (Å²) in [6.45, 7) is 3.96. The number of carbonyl (C=O) groups is 1. The summed E-state index contributed by atoms with van der Waals surface area (Å²) in [7, 11) is 0. The maximum Gasteiger partial charge on any atom is 0.328 e. The summed E-state index contributed by atoms with van der Waals surface area (Å²) in [6.07, 6.45) is 1.94. The van der Waals surface area contributed by atoms with Crippen LogP contribution in [-0.2, 0) is 6.54 Å². The van der Waals surface area contributed by atoms with Gasteiger partial charge in [-0.2, -0.15) is 0 Å². The average molecular weight is 307 g/mol. The normalized spacial score (nSPS) is 12.1. The summed E-state index contributed by atoms with van der Waals surface area (Å²) in [4.78, 5) is 39.5. The molecule has 1 unspecified atom stereocenters. The van der Waals surface area contributed by atoms with E-state index in [1.165, 1.54) is 17.5 Å². The second-order valence-corrected chi connectivity index (χ2v) is 5.79. The van der Waals surface area contributed by atoms with Crippen LogP contribution < -0.4 is 16.6 Å². The molecule has 7 heteroatoms. The van der Waals surface area contributed by atoms with Crippen LogP contribution in [0.25, 0.3) is 0 Å². The third kappa shape index (κ3) is 3.49. The molecule has 6 nitrogen and oxygen atoms in total. The Hall–Kier alpha value is -2.15. The lowest BCUT2D eigenvalue weighted by Gasteiger charge is -2.11. The summed E-state index contributed by atoms with van der Waals surface area (Å²) in [5, 5.41) is 4.59. The van der Waals surface area contributed by atoms with Gasteiger partial charge in [-0.15, -0.1) is 11.3 Å². The molecule has 2 heterocycles. The fourth-order valence-corrected chi connectivity index (χ4v) is 2.47. The molecule has 2 aromatic rings. The van der Waals surface area contributed by atoms with Crippen molar-refractivity contribution in [3.63, 3.8) is 0 Å². The van der Waals surface area contributed by atoms with Gasteiger partial charge in [0.25, 0.3) is 11.5 Å². The van der Waals surface area contributed by atoms with Gasteiger partial charge in [-0.05, 0) is 24.8 Å². The summed E-state index contributed by atoms with van der Waals surface area (Å²) in [6, 6.07) is 3.65. The highest BCUT2D eigenvalue weighted by atomic mass is 32.1. The molecule has 0 aromatic carbocycles. The molecule has 2 aromatic heterocycles. The van der Waals surface area contributed by atoms with E-state index >= 15 is 0 Å². The molecular formula is C14H17N3O3S. The maximum atomic E-state index is 12.3. The first-order chi connectivity index (χ1) is 10.0. The zero-order chi connectivity index (χ0) is 15.4. The minimum Gasteiger partial charge on any atom is -0.349 e. The van der Waals surface area contributed by atoms with Gasteiger partial charge < -0.3 is 10.3 Å². The molecule has 0 spiro atoms.